The van der Waals surface area contributed by atoms with Crippen molar-refractivity contribution in [2.45, 2.75) is 20.3 Å². The van der Waals surface area contributed by atoms with Crippen LogP contribution < -0.4 is 0 Å². The molecule has 29 heavy (non-hydrogen) atoms. The number of hydrogen-bond acceptors (Lipinski definition) is 4. The molecular weight excluding hydrogens is 366 g/mol. The van der Waals surface area contributed by atoms with Gasteiger partial charge in [-0.3, -0.25) is 14.3 Å². The molecule has 2 heterocycles. The van der Waals surface area contributed by atoms with E-state index in [-0.39, 0.29) is 11.8 Å². The lowest BCUT2D eigenvalue weighted by molar-refractivity contribution is -0.132. The molecule has 0 unspecified atom stereocenters. The van der Waals surface area contributed by atoms with E-state index < -0.39 is 0 Å². The molecule has 1 fully saturated rings. The molecule has 0 spiro atoms. The highest BCUT2D eigenvalue weighted by molar-refractivity contribution is 5.93. The van der Waals surface area contributed by atoms with E-state index >= 15 is 0 Å². The third kappa shape index (κ3) is 4.85. The lowest BCUT2D eigenvalue weighted by atomic mass is 10.0. The summed E-state index contributed by atoms with van der Waals surface area (Å²) in [7, 11) is 5.79. The van der Waals surface area contributed by atoms with Gasteiger partial charge >= 0.3 is 0 Å². The van der Waals surface area contributed by atoms with Crippen molar-refractivity contribution in [3.05, 3.63) is 41.1 Å². The number of benzene rings is 1. The van der Waals surface area contributed by atoms with E-state index in [9.17, 15) is 9.59 Å². The molecule has 0 aliphatic carbocycles. The maximum atomic E-state index is 12.9. The summed E-state index contributed by atoms with van der Waals surface area (Å²) in [6.07, 6.45) is 0.514. The Balaban J connectivity index is 1.65. The van der Waals surface area contributed by atoms with Crippen LogP contribution in [0.15, 0.2) is 24.3 Å². The second kappa shape index (κ2) is 8.78. The van der Waals surface area contributed by atoms with E-state index in [1.807, 2.05) is 37.0 Å². The third-order valence-corrected chi connectivity index (χ3v) is 5.59. The number of aryl methyl sites for hydroxylation is 3. The zero-order valence-corrected chi connectivity index (χ0v) is 18.1. The number of rotatable bonds is 5. The Kier molecular flexibility index (Phi) is 6.37. The number of nitrogens with zero attached hydrogens (tertiary/aromatic N) is 5. The SMILES string of the molecule is Cc1ccc(-c2cc(C(=O)N3CCN(C(=O)CCN(C)C)CC3)nn2C)cc1C. The molecule has 2 aromatic rings. The van der Waals surface area contributed by atoms with E-state index in [0.717, 1.165) is 17.8 Å². The van der Waals surface area contributed by atoms with Crippen LogP contribution in [0.5, 0.6) is 0 Å². The van der Waals surface area contributed by atoms with Gasteiger partial charge < -0.3 is 14.7 Å². The number of carbonyl (C=O) groups is 2. The van der Waals surface area contributed by atoms with E-state index in [1.54, 1.807) is 9.58 Å². The van der Waals surface area contributed by atoms with Gasteiger partial charge in [-0.05, 0) is 51.2 Å². The Morgan fingerprint density at radius 2 is 1.66 bits per heavy atom. The number of amides is 2. The molecule has 0 N–H and O–H groups in total. The summed E-state index contributed by atoms with van der Waals surface area (Å²) in [6.45, 7) is 7.16. The maximum Gasteiger partial charge on any atom is 0.274 e. The van der Waals surface area contributed by atoms with Gasteiger partial charge in [0.15, 0.2) is 5.69 Å². The first-order valence-corrected chi connectivity index (χ1v) is 10.1. The Morgan fingerprint density at radius 1 is 1.00 bits per heavy atom. The van der Waals surface area contributed by atoms with Gasteiger partial charge in [-0.1, -0.05) is 12.1 Å². The van der Waals surface area contributed by atoms with E-state index in [4.69, 9.17) is 0 Å². The van der Waals surface area contributed by atoms with Gasteiger partial charge in [-0.2, -0.15) is 5.10 Å². The van der Waals surface area contributed by atoms with Crippen molar-refractivity contribution in [2.24, 2.45) is 7.05 Å². The first kappa shape index (κ1) is 21.0. The number of aromatic nitrogens is 2. The van der Waals surface area contributed by atoms with Crippen LogP contribution in [0.1, 0.15) is 28.0 Å². The summed E-state index contributed by atoms with van der Waals surface area (Å²) in [5.41, 5.74) is 4.89. The van der Waals surface area contributed by atoms with Crippen LogP contribution in [0.4, 0.5) is 0 Å². The Morgan fingerprint density at radius 3 is 2.28 bits per heavy atom. The van der Waals surface area contributed by atoms with Crippen molar-refractivity contribution in [3.8, 4) is 11.3 Å². The fraction of sp³-hybridized carbons (Fsp3) is 0.500. The molecule has 7 heteroatoms. The van der Waals surface area contributed by atoms with E-state index in [0.29, 0.717) is 38.3 Å². The fourth-order valence-corrected chi connectivity index (χ4v) is 3.54. The predicted molar refractivity (Wildman–Crippen MR) is 114 cm³/mol. The normalized spacial score (nSPS) is 14.6. The van der Waals surface area contributed by atoms with Crippen molar-refractivity contribution < 1.29 is 9.59 Å². The van der Waals surface area contributed by atoms with Crippen LogP contribution in [0, 0.1) is 13.8 Å². The number of hydrogen-bond donors (Lipinski definition) is 0. The van der Waals surface area contributed by atoms with Gasteiger partial charge in [-0.25, -0.2) is 0 Å². The zero-order valence-electron chi connectivity index (χ0n) is 18.1. The first-order chi connectivity index (χ1) is 13.8. The molecule has 1 aliphatic rings. The predicted octanol–water partition coefficient (Wildman–Crippen LogP) is 1.94. The second-order valence-corrected chi connectivity index (χ2v) is 8.06. The Labute approximate surface area is 172 Å². The van der Waals surface area contributed by atoms with Gasteiger partial charge in [-0.15, -0.1) is 0 Å². The summed E-state index contributed by atoms with van der Waals surface area (Å²) in [6, 6.07) is 8.14. The molecule has 7 nitrogen and oxygen atoms in total. The maximum absolute atomic E-state index is 12.9. The summed E-state index contributed by atoms with van der Waals surface area (Å²) in [5, 5.41) is 4.46. The molecule has 0 atom stereocenters. The van der Waals surface area contributed by atoms with E-state index in [1.165, 1.54) is 11.1 Å². The molecule has 0 radical (unpaired) electrons. The van der Waals surface area contributed by atoms with Crippen LogP contribution in [0.25, 0.3) is 11.3 Å². The monoisotopic (exact) mass is 397 g/mol. The topological polar surface area (TPSA) is 61.7 Å². The zero-order chi connectivity index (χ0) is 21.1. The third-order valence-electron chi connectivity index (χ3n) is 5.59. The van der Waals surface area contributed by atoms with Crippen molar-refractivity contribution in [1.29, 1.82) is 0 Å². The Bertz CT molecular complexity index is 895. The average Bonchev–Trinajstić information content (AvgIpc) is 3.09. The molecule has 0 saturated carbocycles. The molecule has 0 bridgehead atoms. The summed E-state index contributed by atoms with van der Waals surface area (Å²) >= 11 is 0. The minimum atomic E-state index is -0.0731. The molecule has 1 aromatic carbocycles. The van der Waals surface area contributed by atoms with Gasteiger partial charge in [0.05, 0.1) is 5.69 Å². The van der Waals surface area contributed by atoms with Gasteiger partial charge in [0, 0.05) is 51.8 Å². The summed E-state index contributed by atoms with van der Waals surface area (Å²) in [4.78, 5) is 30.9. The summed E-state index contributed by atoms with van der Waals surface area (Å²) < 4.78 is 1.76. The molecule has 1 aromatic heterocycles. The van der Waals surface area contributed by atoms with Crippen molar-refractivity contribution in [2.75, 3.05) is 46.8 Å². The molecular formula is C22H31N5O2. The smallest absolute Gasteiger partial charge is 0.274 e. The molecule has 1 saturated heterocycles. The van der Waals surface area contributed by atoms with Crippen LogP contribution in [0.3, 0.4) is 0 Å². The molecule has 1 aliphatic heterocycles. The van der Waals surface area contributed by atoms with Crippen LogP contribution in [-0.2, 0) is 11.8 Å². The van der Waals surface area contributed by atoms with Crippen LogP contribution in [0.2, 0.25) is 0 Å². The van der Waals surface area contributed by atoms with Crippen molar-refractivity contribution in [3.63, 3.8) is 0 Å². The van der Waals surface area contributed by atoms with Crippen LogP contribution in [-0.4, -0.2) is 83.1 Å². The largest absolute Gasteiger partial charge is 0.339 e. The highest BCUT2D eigenvalue weighted by Crippen LogP contribution is 2.23. The van der Waals surface area contributed by atoms with E-state index in [2.05, 4.69) is 37.1 Å². The lowest BCUT2D eigenvalue weighted by Crippen LogP contribution is -2.51. The minimum Gasteiger partial charge on any atom is -0.339 e. The quantitative estimate of drug-likeness (QED) is 0.774. The van der Waals surface area contributed by atoms with Crippen LogP contribution >= 0.6 is 0 Å². The average molecular weight is 398 g/mol. The van der Waals surface area contributed by atoms with Gasteiger partial charge in [0.1, 0.15) is 0 Å². The van der Waals surface area contributed by atoms with Gasteiger partial charge in [0.25, 0.3) is 5.91 Å². The number of carbonyl (C=O) groups excluding carboxylic acids is 2. The standard InChI is InChI=1S/C22H31N5O2/c1-16-6-7-18(14-17(16)2)20-15-19(23-25(20)5)22(29)27-12-10-26(11-13-27)21(28)8-9-24(3)4/h6-7,14-15H,8-13H2,1-5H3. The minimum absolute atomic E-state index is 0.0731. The van der Waals surface area contributed by atoms with Crippen molar-refractivity contribution >= 4 is 11.8 Å². The molecule has 156 valence electrons. The Hall–Kier alpha value is -2.67. The lowest BCUT2D eigenvalue weighted by Gasteiger charge is -2.34. The molecule has 2 amide bonds. The second-order valence-electron chi connectivity index (χ2n) is 8.06. The highest BCUT2D eigenvalue weighted by atomic mass is 16.2. The first-order valence-electron chi connectivity index (χ1n) is 10.1. The number of piperazine rings is 1. The highest BCUT2D eigenvalue weighted by Gasteiger charge is 2.26. The fourth-order valence-electron chi connectivity index (χ4n) is 3.54. The summed E-state index contributed by atoms with van der Waals surface area (Å²) in [5.74, 6) is 0.0803. The van der Waals surface area contributed by atoms with Crippen molar-refractivity contribution in [1.82, 2.24) is 24.5 Å². The van der Waals surface area contributed by atoms with Gasteiger partial charge in [0.2, 0.25) is 5.91 Å². The molecule has 3 rings (SSSR count).